The van der Waals surface area contributed by atoms with Crippen molar-refractivity contribution in [3.8, 4) is 16.9 Å². The number of hydrogen-bond acceptors (Lipinski definition) is 1. The summed E-state index contributed by atoms with van der Waals surface area (Å²) in [6.45, 7) is 7.35. The van der Waals surface area contributed by atoms with Gasteiger partial charge >= 0.3 is 6.11 Å². The van der Waals surface area contributed by atoms with Crippen molar-refractivity contribution in [3.05, 3.63) is 88.5 Å². The summed E-state index contributed by atoms with van der Waals surface area (Å²) in [5, 5.41) is 0. The van der Waals surface area contributed by atoms with Crippen LogP contribution in [0.25, 0.3) is 11.1 Å². The molecule has 0 heterocycles. The Hall–Kier alpha value is -2.96. The molecule has 0 aromatic heterocycles. The molecule has 1 nitrogen and oxygen atoms in total. The first-order valence-corrected chi connectivity index (χ1v) is 12.2. The molecule has 0 unspecified atom stereocenters. The Kier molecular flexibility index (Phi) is 8.75. The van der Waals surface area contributed by atoms with Gasteiger partial charge in [0.05, 0.1) is 0 Å². The van der Waals surface area contributed by atoms with Crippen LogP contribution >= 0.6 is 0 Å². The monoisotopic (exact) mass is 508 g/mol. The van der Waals surface area contributed by atoms with Crippen molar-refractivity contribution < 1.29 is 31.1 Å². The maximum atomic E-state index is 14.7. The minimum Gasteiger partial charge on any atom is -0.429 e. The summed E-state index contributed by atoms with van der Waals surface area (Å²) in [5.74, 6) is -5.03. The number of alkyl halides is 2. The van der Waals surface area contributed by atoms with E-state index in [0.717, 1.165) is 50.3 Å². The van der Waals surface area contributed by atoms with Gasteiger partial charge in [-0.3, -0.25) is 0 Å². The molecule has 3 aromatic rings. The second kappa shape index (κ2) is 11.4. The Morgan fingerprint density at radius 2 is 1.22 bits per heavy atom. The molecule has 0 spiro atoms. The van der Waals surface area contributed by atoms with Crippen molar-refractivity contribution in [1.29, 1.82) is 0 Å². The molecule has 0 N–H and O–H groups in total. The van der Waals surface area contributed by atoms with E-state index in [0.29, 0.717) is 29.5 Å². The van der Waals surface area contributed by atoms with Crippen LogP contribution < -0.4 is 4.74 Å². The summed E-state index contributed by atoms with van der Waals surface area (Å²) >= 11 is 0. The van der Waals surface area contributed by atoms with E-state index in [2.05, 4.69) is 11.7 Å². The maximum Gasteiger partial charge on any atom is 0.432 e. The Balaban J connectivity index is 0.00000176. The molecule has 0 atom stereocenters. The lowest BCUT2D eigenvalue weighted by molar-refractivity contribution is -0.189. The minimum absolute atomic E-state index is 0.0887. The van der Waals surface area contributed by atoms with Crippen LogP contribution in [0.3, 0.4) is 0 Å². The van der Waals surface area contributed by atoms with Gasteiger partial charge < -0.3 is 4.74 Å². The first kappa shape index (κ1) is 27.6. The fourth-order valence-electron chi connectivity index (χ4n) is 4.44. The molecule has 1 saturated carbocycles. The van der Waals surface area contributed by atoms with E-state index < -0.39 is 40.7 Å². The first-order chi connectivity index (χ1) is 17.0. The fourth-order valence-corrected chi connectivity index (χ4v) is 4.44. The summed E-state index contributed by atoms with van der Waals surface area (Å²) in [4.78, 5) is 0. The molecule has 3 aromatic carbocycles. The average molecular weight is 509 g/mol. The minimum atomic E-state index is -4.50. The Morgan fingerprint density at radius 3 is 1.72 bits per heavy atom. The van der Waals surface area contributed by atoms with Gasteiger partial charge in [0.2, 0.25) is 0 Å². The summed E-state index contributed by atoms with van der Waals surface area (Å²) < 4.78 is 90.2. The van der Waals surface area contributed by atoms with Gasteiger partial charge in [0.1, 0.15) is 34.6 Å². The molecule has 0 amide bonds. The van der Waals surface area contributed by atoms with Crippen molar-refractivity contribution in [3.63, 3.8) is 0 Å². The van der Waals surface area contributed by atoms with Crippen molar-refractivity contribution in [1.82, 2.24) is 0 Å². The van der Waals surface area contributed by atoms with Crippen LogP contribution in [0.1, 0.15) is 69.1 Å². The Labute approximate surface area is 208 Å². The number of hydrogen-bond donors (Lipinski definition) is 0. The van der Waals surface area contributed by atoms with Crippen LogP contribution in [0.4, 0.5) is 26.3 Å². The molecule has 194 valence electrons. The smallest absolute Gasteiger partial charge is 0.429 e. The molecule has 0 aliphatic heterocycles. The van der Waals surface area contributed by atoms with Crippen molar-refractivity contribution in [2.45, 2.75) is 65.4 Å². The molecule has 1 aliphatic carbocycles. The lowest BCUT2D eigenvalue weighted by Crippen LogP contribution is -2.25. The van der Waals surface area contributed by atoms with E-state index in [1.165, 1.54) is 0 Å². The van der Waals surface area contributed by atoms with E-state index in [4.69, 9.17) is 0 Å². The first-order valence-electron chi connectivity index (χ1n) is 12.2. The molecule has 4 rings (SSSR count). The number of halogens is 6. The third-order valence-corrected chi connectivity index (χ3v) is 6.56. The van der Waals surface area contributed by atoms with Gasteiger partial charge in [-0.2, -0.15) is 8.78 Å². The summed E-state index contributed by atoms with van der Waals surface area (Å²) in [6, 6.07) is 9.89. The fraction of sp³-hybridized carbons (Fsp3) is 0.379. The zero-order valence-electron chi connectivity index (χ0n) is 20.8. The summed E-state index contributed by atoms with van der Waals surface area (Å²) in [7, 11) is 0. The zero-order chi connectivity index (χ0) is 26.6. The summed E-state index contributed by atoms with van der Waals surface area (Å²) in [5.41, 5.74) is -0.312. The normalized spacial score (nSPS) is 17.8. The third-order valence-electron chi connectivity index (χ3n) is 6.56. The van der Waals surface area contributed by atoms with Gasteiger partial charge in [0.15, 0.2) is 0 Å². The van der Waals surface area contributed by atoms with E-state index >= 15 is 0 Å². The predicted molar refractivity (Wildman–Crippen MR) is 129 cm³/mol. The highest BCUT2D eigenvalue weighted by molar-refractivity contribution is 5.64. The molecule has 7 heteroatoms. The topological polar surface area (TPSA) is 9.23 Å². The Morgan fingerprint density at radius 1 is 0.722 bits per heavy atom. The highest BCUT2D eigenvalue weighted by Gasteiger charge is 2.41. The molecular weight excluding hydrogens is 478 g/mol. The maximum absolute atomic E-state index is 14.7. The van der Waals surface area contributed by atoms with E-state index in [9.17, 15) is 26.3 Å². The van der Waals surface area contributed by atoms with Gasteiger partial charge in [-0.1, -0.05) is 57.9 Å². The van der Waals surface area contributed by atoms with E-state index in [1.54, 1.807) is 12.1 Å². The van der Waals surface area contributed by atoms with E-state index in [-0.39, 0.29) is 11.1 Å². The van der Waals surface area contributed by atoms with Gasteiger partial charge in [0.25, 0.3) is 0 Å². The molecule has 1 aliphatic rings. The largest absolute Gasteiger partial charge is 0.432 e. The second-order valence-corrected chi connectivity index (χ2v) is 9.02. The molecule has 1 fully saturated rings. The van der Waals surface area contributed by atoms with Crippen molar-refractivity contribution in [2.24, 2.45) is 5.92 Å². The molecular formula is C29H30F6O. The molecule has 36 heavy (non-hydrogen) atoms. The molecule has 0 saturated heterocycles. The molecule has 0 bridgehead atoms. The lowest BCUT2D eigenvalue weighted by atomic mass is 9.79. The second-order valence-electron chi connectivity index (χ2n) is 9.02. The van der Waals surface area contributed by atoms with Crippen molar-refractivity contribution in [2.75, 3.05) is 0 Å². The third kappa shape index (κ3) is 6.05. The van der Waals surface area contributed by atoms with Gasteiger partial charge in [-0.05, 0) is 60.4 Å². The summed E-state index contributed by atoms with van der Waals surface area (Å²) in [6.07, 6.45) is -0.0155. The standard InChI is InChI=1S/C27H24F6O.C2H6/c1-15-3-5-17(6-4-15)18-7-9-19(10-8-18)20-11-24(30)26(25(31)12-20)27(32,33)34-21-13-22(28)16(2)23(29)14-21;1-2/h7-15,17H,3-6H2,1-2H3;1-2H3. The number of rotatable bonds is 5. The Bertz CT molecular complexity index is 1130. The van der Waals surface area contributed by atoms with Crippen LogP contribution in [0.5, 0.6) is 5.75 Å². The van der Waals surface area contributed by atoms with Crippen LogP contribution in [0.15, 0.2) is 48.5 Å². The number of benzene rings is 3. The SMILES string of the molecule is CC.Cc1c(F)cc(OC(F)(F)c2c(F)cc(-c3ccc(C4CCC(C)CC4)cc3)cc2F)cc1F. The van der Waals surface area contributed by atoms with Gasteiger partial charge in [0, 0.05) is 17.7 Å². The highest BCUT2D eigenvalue weighted by Crippen LogP contribution is 2.39. The van der Waals surface area contributed by atoms with Crippen molar-refractivity contribution >= 4 is 0 Å². The lowest BCUT2D eigenvalue weighted by Gasteiger charge is -2.26. The number of ether oxygens (including phenoxy) is 1. The quantitative estimate of drug-likeness (QED) is 0.312. The molecule has 0 radical (unpaired) electrons. The zero-order valence-corrected chi connectivity index (χ0v) is 20.8. The van der Waals surface area contributed by atoms with Gasteiger partial charge in [-0.15, -0.1) is 0 Å². The van der Waals surface area contributed by atoms with Crippen LogP contribution in [0.2, 0.25) is 0 Å². The van der Waals surface area contributed by atoms with Crippen LogP contribution in [-0.2, 0) is 6.11 Å². The van der Waals surface area contributed by atoms with E-state index in [1.807, 2.05) is 26.0 Å². The van der Waals surface area contributed by atoms with Crippen LogP contribution in [-0.4, -0.2) is 0 Å². The van der Waals surface area contributed by atoms with Gasteiger partial charge in [-0.25, -0.2) is 17.6 Å². The highest BCUT2D eigenvalue weighted by atomic mass is 19.3. The average Bonchev–Trinajstić information content (AvgIpc) is 2.83. The van der Waals surface area contributed by atoms with Crippen LogP contribution in [0, 0.1) is 36.1 Å². The predicted octanol–water partition coefficient (Wildman–Crippen LogP) is 9.67.